The molecule has 0 aliphatic carbocycles. The van der Waals surface area contributed by atoms with Crippen molar-refractivity contribution in [3.05, 3.63) is 188 Å². The summed E-state index contributed by atoms with van der Waals surface area (Å²) in [6.45, 7) is 0. The smallest absolute Gasteiger partial charge is 0.164 e. The van der Waals surface area contributed by atoms with Crippen LogP contribution in [-0.4, -0.2) is 15.0 Å². The normalized spacial score (nSPS) is 11.3. The van der Waals surface area contributed by atoms with Crippen molar-refractivity contribution >= 4 is 43.1 Å². The SMILES string of the molecule is N#Cc1ccc(-c2cccc(-c3nc(-c4ccccc4)nc(-c4ccc(-c5c6ccccc6cc6c5ccc5ccccc56)c5ccccc45)n3)c2)cc1. The predicted octanol–water partition coefficient (Wildman–Crippen LogP) is 12.7. The number of aromatic nitrogens is 3. The van der Waals surface area contributed by atoms with Gasteiger partial charge in [-0.05, 0) is 95.7 Å². The fraction of sp³-hybridized carbons (Fsp3) is 0. The third kappa shape index (κ3) is 5.35. The molecule has 0 N–H and O–H groups in total. The Hall–Kier alpha value is -7.48. The molecule has 9 aromatic carbocycles. The van der Waals surface area contributed by atoms with Crippen LogP contribution in [0.1, 0.15) is 5.56 Å². The van der Waals surface area contributed by atoms with E-state index in [0.717, 1.165) is 38.6 Å². The molecule has 10 rings (SSSR count). The quantitative estimate of drug-likeness (QED) is 0.134. The highest BCUT2D eigenvalue weighted by molar-refractivity contribution is 6.22. The molecule has 250 valence electrons. The van der Waals surface area contributed by atoms with E-state index in [-0.39, 0.29) is 0 Å². The molecule has 0 fully saturated rings. The Kier molecular flexibility index (Phi) is 7.49. The standard InChI is InChI=1S/C50H30N4/c51-31-32-21-23-33(24-22-32)36-15-10-16-38(29-36)49-52-48(35-12-2-1-3-13-35)53-50(54-49)45-28-27-43(41-19-8-9-20-42(41)45)47-40-18-7-5-14-37(40)30-46-39-17-6-4-11-34(39)25-26-44(46)47/h1-30H. The molecule has 0 aliphatic heterocycles. The number of hydrogen-bond acceptors (Lipinski definition) is 4. The Balaban J connectivity index is 1.19. The van der Waals surface area contributed by atoms with Crippen molar-refractivity contribution in [2.24, 2.45) is 0 Å². The van der Waals surface area contributed by atoms with Crippen molar-refractivity contribution in [2.45, 2.75) is 0 Å². The van der Waals surface area contributed by atoms with Crippen LogP contribution in [0.2, 0.25) is 0 Å². The van der Waals surface area contributed by atoms with Crippen LogP contribution in [0.25, 0.3) is 99.5 Å². The molecule has 0 saturated heterocycles. The Morgan fingerprint density at radius 2 is 0.926 bits per heavy atom. The summed E-state index contributed by atoms with van der Waals surface area (Å²) in [5.41, 5.74) is 7.79. The van der Waals surface area contributed by atoms with Crippen molar-refractivity contribution in [3.63, 3.8) is 0 Å². The van der Waals surface area contributed by atoms with Crippen LogP contribution in [0.3, 0.4) is 0 Å². The van der Waals surface area contributed by atoms with E-state index >= 15 is 0 Å². The maximum Gasteiger partial charge on any atom is 0.164 e. The van der Waals surface area contributed by atoms with Gasteiger partial charge in [-0.15, -0.1) is 0 Å². The number of rotatable bonds is 5. The summed E-state index contributed by atoms with van der Waals surface area (Å²) < 4.78 is 0. The summed E-state index contributed by atoms with van der Waals surface area (Å²) in [6.07, 6.45) is 0. The van der Waals surface area contributed by atoms with Gasteiger partial charge in [-0.3, -0.25) is 0 Å². The zero-order valence-corrected chi connectivity index (χ0v) is 29.1. The number of fused-ring (bicyclic) bond motifs is 5. The molecular weight excluding hydrogens is 657 g/mol. The molecule has 1 aromatic heterocycles. The summed E-state index contributed by atoms with van der Waals surface area (Å²) in [7, 11) is 0. The molecule has 10 aromatic rings. The van der Waals surface area contributed by atoms with Gasteiger partial charge in [-0.2, -0.15) is 5.26 Å². The van der Waals surface area contributed by atoms with Crippen molar-refractivity contribution < 1.29 is 0 Å². The van der Waals surface area contributed by atoms with E-state index in [0.29, 0.717) is 23.0 Å². The van der Waals surface area contributed by atoms with Gasteiger partial charge in [0.05, 0.1) is 11.6 Å². The van der Waals surface area contributed by atoms with Crippen molar-refractivity contribution in [3.8, 4) is 62.5 Å². The maximum absolute atomic E-state index is 9.32. The van der Waals surface area contributed by atoms with Crippen LogP contribution in [0.5, 0.6) is 0 Å². The average Bonchev–Trinajstić information content (AvgIpc) is 3.25. The largest absolute Gasteiger partial charge is 0.208 e. The number of nitriles is 1. The minimum Gasteiger partial charge on any atom is -0.208 e. The monoisotopic (exact) mass is 686 g/mol. The first kappa shape index (κ1) is 31.3. The lowest BCUT2D eigenvalue weighted by Gasteiger charge is -2.17. The molecule has 0 bridgehead atoms. The fourth-order valence-electron chi connectivity index (χ4n) is 7.74. The lowest BCUT2D eigenvalue weighted by Crippen LogP contribution is -2.01. The molecule has 4 nitrogen and oxygen atoms in total. The Labute approximate surface area is 312 Å². The molecule has 0 atom stereocenters. The van der Waals surface area contributed by atoms with Crippen LogP contribution in [0.4, 0.5) is 0 Å². The van der Waals surface area contributed by atoms with Gasteiger partial charge >= 0.3 is 0 Å². The summed E-state index contributed by atoms with van der Waals surface area (Å²) >= 11 is 0. The van der Waals surface area contributed by atoms with Gasteiger partial charge in [0.1, 0.15) is 0 Å². The van der Waals surface area contributed by atoms with Crippen LogP contribution in [0, 0.1) is 11.3 Å². The number of hydrogen-bond donors (Lipinski definition) is 0. The van der Waals surface area contributed by atoms with Crippen LogP contribution in [0.15, 0.2) is 182 Å². The van der Waals surface area contributed by atoms with Gasteiger partial charge in [0, 0.05) is 16.7 Å². The van der Waals surface area contributed by atoms with Crippen LogP contribution < -0.4 is 0 Å². The van der Waals surface area contributed by atoms with Crippen LogP contribution in [-0.2, 0) is 0 Å². The molecule has 1 heterocycles. The molecule has 0 aliphatic rings. The molecule has 0 saturated carbocycles. The summed E-state index contributed by atoms with van der Waals surface area (Å²) in [6, 6.07) is 65.3. The Morgan fingerprint density at radius 3 is 1.70 bits per heavy atom. The number of benzene rings is 9. The topological polar surface area (TPSA) is 62.5 Å². The summed E-state index contributed by atoms with van der Waals surface area (Å²) in [4.78, 5) is 15.4. The first-order valence-electron chi connectivity index (χ1n) is 18.0. The van der Waals surface area contributed by atoms with E-state index in [1.54, 1.807) is 0 Å². The van der Waals surface area contributed by atoms with E-state index < -0.39 is 0 Å². The first-order chi connectivity index (χ1) is 26.7. The molecule has 0 unspecified atom stereocenters. The molecule has 0 spiro atoms. The molecule has 0 amide bonds. The Bertz CT molecular complexity index is 3110. The fourth-order valence-corrected chi connectivity index (χ4v) is 7.74. The van der Waals surface area contributed by atoms with E-state index in [9.17, 15) is 5.26 Å². The summed E-state index contributed by atoms with van der Waals surface area (Å²) in [5.74, 6) is 1.81. The zero-order valence-electron chi connectivity index (χ0n) is 29.1. The van der Waals surface area contributed by atoms with E-state index in [1.165, 1.54) is 43.4 Å². The minimum atomic E-state index is 0.592. The van der Waals surface area contributed by atoms with Crippen LogP contribution >= 0.6 is 0 Å². The third-order valence-corrected chi connectivity index (χ3v) is 10.3. The molecule has 4 heteroatoms. The van der Waals surface area contributed by atoms with Gasteiger partial charge in [0.2, 0.25) is 0 Å². The van der Waals surface area contributed by atoms with Crippen molar-refractivity contribution in [1.29, 1.82) is 5.26 Å². The third-order valence-electron chi connectivity index (χ3n) is 10.3. The lowest BCUT2D eigenvalue weighted by atomic mass is 9.87. The van der Waals surface area contributed by atoms with Gasteiger partial charge < -0.3 is 0 Å². The highest BCUT2D eigenvalue weighted by Crippen LogP contribution is 2.43. The van der Waals surface area contributed by atoms with E-state index in [4.69, 9.17) is 15.0 Å². The molecule has 0 radical (unpaired) electrons. The van der Waals surface area contributed by atoms with Gasteiger partial charge in [-0.1, -0.05) is 152 Å². The highest BCUT2D eigenvalue weighted by Gasteiger charge is 2.19. The second kappa shape index (κ2) is 12.9. The first-order valence-corrected chi connectivity index (χ1v) is 18.0. The minimum absolute atomic E-state index is 0.592. The van der Waals surface area contributed by atoms with Gasteiger partial charge in [0.25, 0.3) is 0 Å². The average molecular weight is 687 g/mol. The molecule has 54 heavy (non-hydrogen) atoms. The molecular formula is C50H30N4. The zero-order chi connectivity index (χ0) is 36.0. The van der Waals surface area contributed by atoms with Crippen molar-refractivity contribution in [2.75, 3.05) is 0 Å². The second-order valence-corrected chi connectivity index (χ2v) is 13.5. The maximum atomic E-state index is 9.32. The lowest BCUT2D eigenvalue weighted by molar-refractivity contribution is 1.08. The second-order valence-electron chi connectivity index (χ2n) is 13.5. The highest BCUT2D eigenvalue weighted by atomic mass is 15.0. The van der Waals surface area contributed by atoms with Gasteiger partial charge in [-0.25, -0.2) is 15.0 Å². The van der Waals surface area contributed by atoms with Crippen molar-refractivity contribution in [1.82, 2.24) is 15.0 Å². The number of nitrogens with zero attached hydrogens (tertiary/aromatic N) is 4. The predicted molar refractivity (Wildman–Crippen MR) is 222 cm³/mol. The Morgan fingerprint density at radius 1 is 0.333 bits per heavy atom. The van der Waals surface area contributed by atoms with E-state index in [2.05, 4.69) is 121 Å². The van der Waals surface area contributed by atoms with E-state index in [1.807, 2.05) is 66.7 Å². The summed E-state index contributed by atoms with van der Waals surface area (Å²) in [5, 5.41) is 18.9. The van der Waals surface area contributed by atoms with Gasteiger partial charge in [0.15, 0.2) is 17.5 Å².